The van der Waals surface area contributed by atoms with E-state index in [4.69, 9.17) is 0 Å². The Hall–Kier alpha value is -2.23. The smallest absolute Gasteiger partial charge is 0.251 e. The van der Waals surface area contributed by atoms with E-state index in [2.05, 4.69) is 31.3 Å². The molecule has 2 amide bonds. The first-order chi connectivity index (χ1) is 14.2. The van der Waals surface area contributed by atoms with Gasteiger partial charge < -0.3 is 10.6 Å². The molecule has 2 aromatic carbocycles. The molecule has 2 aromatic rings. The summed E-state index contributed by atoms with van der Waals surface area (Å²) in [6, 6.07) is 10.1. The van der Waals surface area contributed by atoms with Gasteiger partial charge in [-0.25, -0.2) is 13.1 Å². The Morgan fingerprint density at radius 2 is 1.77 bits per heavy atom. The summed E-state index contributed by atoms with van der Waals surface area (Å²) in [7, 11) is -3.64. The largest absolute Gasteiger partial charge is 0.352 e. The summed E-state index contributed by atoms with van der Waals surface area (Å²) >= 11 is 3.37. The third kappa shape index (κ3) is 5.90. The Morgan fingerprint density at radius 3 is 2.47 bits per heavy atom. The van der Waals surface area contributed by atoms with Gasteiger partial charge in [0.15, 0.2) is 0 Å². The maximum atomic E-state index is 12.6. The van der Waals surface area contributed by atoms with Gasteiger partial charge in [0, 0.05) is 34.7 Å². The fraction of sp³-hybridized carbons (Fsp3) is 0.333. The van der Waals surface area contributed by atoms with Gasteiger partial charge in [-0.15, -0.1) is 0 Å². The molecule has 0 saturated heterocycles. The molecule has 0 atom stereocenters. The lowest BCUT2D eigenvalue weighted by atomic mass is 10.1. The van der Waals surface area contributed by atoms with E-state index in [1.54, 1.807) is 13.0 Å². The summed E-state index contributed by atoms with van der Waals surface area (Å²) in [5.41, 5.74) is 2.57. The number of hydrogen-bond acceptors (Lipinski definition) is 4. The van der Waals surface area contributed by atoms with Crippen molar-refractivity contribution in [2.45, 2.75) is 44.0 Å². The molecule has 30 heavy (non-hydrogen) atoms. The van der Waals surface area contributed by atoms with E-state index < -0.39 is 15.9 Å². The molecule has 0 radical (unpaired) electrons. The van der Waals surface area contributed by atoms with Crippen LogP contribution in [0.15, 0.2) is 45.8 Å². The number of amides is 2. The van der Waals surface area contributed by atoms with Crippen LogP contribution in [-0.4, -0.2) is 32.8 Å². The number of nitrogens with one attached hydrogen (secondary N) is 3. The highest BCUT2D eigenvalue weighted by Gasteiger charge is 2.28. The van der Waals surface area contributed by atoms with Gasteiger partial charge in [0.25, 0.3) is 5.91 Å². The molecule has 0 unspecified atom stereocenters. The normalized spacial score (nSPS) is 13.7. The van der Waals surface area contributed by atoms with Crippen molar-refractivity contribution >= 4 is 43.5 Å². The predicted molar refractivity (Wildman–Crippen MR) is 119 cm³/mol. The molecule has 0 spiro atoms. The minimum absolute atomic E-state index is 0.0130. The van der Waals surface area contributed by atoms with Crippen molar-refractivity contribution in [2.24, 2.45) is 0 Å². The zero-order chi connectivity index (χ0) is 21.9. The standard InChI is InChI=1S/C21H24BrN3O4S/c1-13-4-8-17(30(28,29)25-16-6-7-16)12-18(13)21(27)23-10-9-20(26)24-19-11-15(22)5-3-14(19)2/h3-5,8,11-12,16,25H,6-7,9-10H2,1-2H3,(H,23,27)(H,24,26). The third-order valence-electron chi connectivity index (χ3n) is 4.77. The van der Waals surface area contributed by atoms with Gasteiger partial charge in [-0.2, -0.15) is 0 Å². The minimum Gasteiger partial charge on any atom is -0.352 e. The number of anilines is 1. The maximum Gasteiger partial charge on any atom is 0.251 e. The number of rotatable bonds is 8. The second-order valence-corrected chi connectivity index (χ2v) is 10.0. The van der Waals surface area contributed by atoms with Crippen LogP contribution in [0.1, 0.15) is 40.7 Å². The molecule has 1 saturated carbocycles. The minimum atomic E-state index is -3.64. The van der Waals surface area contributed by atoms with Gasteiger partial charge in [0.2, 0.25) is 15.9 Å². The van der Waals surface area contributed by atoms with Crippen LogP contribution in [0.4, 0.5) is 5.69 Å². The average molecular weight is 494 g/mol. The second kappa shape index (κ2) is 9.28. The van der Waals surface area contributed by atoms with Crippen LogP contribution in [0.2, 0.25) is 0 Å². The molecule has 3 rings (SSSR count). The molecule has 0 aliphatic heterocycles. The van der Waals surface area contributed by atoms with Gasteiger partial charge in [-0.1, -0.05) is 28.1 Å². The van der Waals surface area contributed by atoms with Crippen LogP contribution in [0.3, 0.4) is 0 Å². The second-order valence-electron chi connectivity index (χ2n) is 7.39. The first-order valence-electron chi connectivity index (χ1n) is 9.63. The molecule has 7 nitrogen and oxygen atoms in total. The van der Waals surface area contributed by atoms with Crippen molar-refractivity contribution in [1.82, 2.24) is 10.0 Å². The Morgan fingerprint density at radius 1 is 1.07 bits per heavy atom. The topological polar surface area (TPSA) is 104 Å². The molecule has 0 bridgehead atoms. The van der Waals surface area contributed by atoms with E-state index in [9.17, 15) is 18.0 Å². The zero-order valence-corrected chi connectivity index (χ0v) is 19.2. The molecule has 9 heteroatoms. The number of carbonyl (C=O) groups excluding carboxylic acids is 2. The van der Waals surface area contributed by atoms with Gasteiger partial charge in [0.05, 0.1) is 4.90 Å². The van der Waals surface area contributed by atoms with E-state index in [0.717, 1.165) is 22.9 Å². The van der Waals surface area contributed by atoms with Gasteiger partial charge in [0.1, 0.15) is 0 Å². The summed E-state index contributed by atoms with van der Waals surface area (Å²) in [6.45, 7) is 3.77. The van der Waals surface area contributed by atoms with Gasteiger partial charge >= 0.3 is 0 Å². The first kappa shape index (κ1) is 22.5. The monoisotopic (exact) mass is 493 g/mol. The van der Waals surface area contributed by atoms with E-state index >= 15 is 0 Å². The Balaban J connectivity index is 1.58. The molecular weight excluding hydrogens is 470 g/mol. The molecule has 160 valence electrons. The summed E-state index contributed by atoms with van der Waals surface area (Å²) in [5, 5.41) is 5.51. The van der Waals surface area contributed by atoms with Crippen molar-refractivity contribution in [2.75, 3.05) is 11.9 Å². The van der Waals surface area contributed by atoms with E-state index in [1.807, 2.05) is 25.1 Å². The van der Waals surface area contributed by atoms with E-state index in [1.165, 1.54) is 12.1 Å². The van der Waals surface area contributed by atoms with Crippen LogP contribution in [0.25, 0.3) is 0 Å². The summed E-state index contributed by atoms with van der Waals surface area (Å²) in [4.78, 5) is 24.8. The lowest BCUT2D eigenvalue weighted by Crippen LogP contribution is -2.29. The van der Waals surface area contributed by atoms with Crippen LogP contribution < -0.4 is 15.4 Å². The first-order valence-corrected chi connectivity index (χ1v) is 11.9. The Bertz CT molecular complexity index is 1080. The molecule has 3 N–H and O–H groups in total. The predicted octanol–water partition coefficient (Wildman–Crippen LogP) is 3.27. The summed E-state index contributed by atoms with van der Waals surface area (Å²) < 4.78 is 28.3. The van der Waals surface area contributed by atoms with Crippen molar-refractivity contribution < 1.29 is 18.0 Å². The Kier molecular flexibility index (Phi) is 6.95. The molecule has 0 aromatic heterocycles. The van der Waals surface area contributed by atoms with Crippen LogP contribution in [-0.2, 0) is 14.8 Å². The maximum absolute atomic E-state index is 12.6. The van der Waals surface area contributed by atoms with Crippen molar-refractivity contribution in [3.05, 3.63) is 57.6 Å². The summed E-state index contributed by atoms with van der Waals surface area (Å²) in [6.07, 6.45) is 1.76. The fourth-order valence-corrected chi connectivity index (χ4v) is 4.52. The van der Waals surface area contributed by atoms with Crippen molar-refractivity contribution in [3.8, 4) is 0 Å². The SMILES string of the molecule is Cc1ccc(Br)cc1NC(=O)CCNC(=O)c1cc(S(=O)(=O)NC2CC2)ccc1C. The highest BCUT2D eigenvalue weighted by atomic mass is 79.9. The molecule has 1 aliphatic rings. The van der Waals surface area contributed by atoms with Gasteiger partial charge in [-0.05, 0) is 62.1 Å². The van der Waals surface area contributed by atoms with Gasteiger partial charge in [-0.3, -0.25) is 9.59 Å². The van der Waals surface area contributed by atoms with E-state index in [0.29, 0.717) is 11.3 Å². The van der Waals surface area contributed by atoms with E-state index in [-0.39, 0.29) is 35.4 Å². The molecule has 0 heterocycles. The van der Waals surface area contributed by atoms with Crippen LogP contribution >= 0.6 is 15.9 Å². The zero-order valence-electron chi connectivity index (χ0n) is 16.8. The number of halogens is 1. The molecular formula is C21H24BrN3O4S. The number of carbonyl (C=O) groups is 2. The number of aryl methyl sites for hydroxylation is 2. The number of sulfonamides is 1. The molecule has 1 aliphatic carbocycles. The fourth-order valence-electron chi connectivity index (χ4n) is 2.83. The lowest BCUT2D eigenvalue weighted by Gasteiger charge is -2.12. The number of hydrogen-bond donors (Lipinski definition) is 3. The van der Waals surface area contributed by atoms with Crippen molar-refractivity contribution in [3.63, 3.8) is 0 Å². The quantitative estimate of drug-likeness (QED) is 0.524. The van der Waals surface area contributed by atoms with Crippen LogP contribution in [0.5, 0.6) is 0 Å². The molecule has 1 fully saturated rings. The highest BCUT2D eigenvalue weighted by molar-refractivity contribution is 9.10. The van der Waals surface area contributed by atoms with Crippen molar-refractivity contribution in [1.29, 1.82) is 0 Å². The lowest BCUT2D eigenvalue weighted by molar-refractivity contribution is -0.116. The highest BCUT2D eigenvalue weighted by Crippen LogP contribution is 2.23. The van der Waals surface area contributed by atoms with Crippen LogP contribution in [0, 0.1) is 13.8 Å². The Labute approximate surface area is 184 Å². The number of benzene rings is 2. The average Bonchev–Trinajstić information content (AvgIpc) is 3.48. The third-order valence-corrected chi connectivity index (χ3v) is 6.79. The summed E-state index contributed by atoms with van der Waals surface area (Å²) in [5.74, 6) is -0.638.